The topological polar surface area (TPSA) is 61.4 Å². The number of benzene rings is 3. The lowest BCUT2D eigenvalue weighted by molar-refractivity contribution is 0.573. The van der Waals surface area contributed by atoms with Crippen LogP contribution >= 0.6 is 23.4 Å². The molecular formula is C24H19ClN6S. The van der Waals surface area contributed by atoms with Gasteiger partial charge in [0.15, 0.2) is 0 Å². The molecule has 0 atom stereocenters. The van der Waals surface area contributed by atoms with Crippen LogP contribution in [0.4, 0.5) is 0 Å². The van der Waals surface area contributed by atoms with E-state index < -0.39 is 0 Å². The number of hydrogen-bond acceptors (Lipinski definition) is 5. The lowest BCUT2D eigenvalue weighted by Crippen LogP contribution is -2.03. The molecule has 2 aromatic heterocycles. The van der Waals surface area contributed by atoms with E-state index in [0.717, 1.165) is 27.6 Å². The number of aromatic nitrogens is 6. The largest absolute Gasteiger partial charge is 0.225 e. The highest BCUT2D eigenvalue weighted by atomic mass is 35.5. The van der Waals surface area contributed by atoms with Crippen molar-refractivity contribution in [2.45, 2.75) is 17.3 Å². The van der Waals surface area contributed by atoms with Gasteiger partial charge in [-0.3, -0.25) is 0 Å². The minimum Gasteiger partial charge on any atom is -0.225 e. The fraction of sp³-hybridized carbons (Fsp3) is 0.0833. The predicted octanol–water partition coefficient (Wildman–Crippen LogP) is 5.52. The second-order valence-electron chi connectivity index (χ2n) is 7.13. The molecule has 0 aliphatic heterocycles. The van der Waals surface area contributed by atoms with Crippen LogP contribution < -0.4 is 0 Å². The molecule has 0 aliphatic rings. The third-order valence-electron chi connectivity index (χ3n) is 4.88. The molecule has 5 aromatic rings. The number of hydrogen-bond donors (Lipinski definition) is 0. The Balaban J connectivity index is 1.50. The fourth-order valence-corrected chi connectivity index (χ4v) is 4.59. The molecular weight excluding hydrogens is 440 g/mol. The third kappa shape index (κ3) is 4.44. The molecule has 3 aromatic carbocycles. The molecule has 0 saturated heterocycles. The maximum absolute atomic E-state index is 6.48. The Morgan fingerprint density at radius 3 is 2.25 bits per heavy atom. The SMILES string of the molecule is Clc1ccccc1-n1ncc(-c2nnn(Cc3ccccc3)n2)c1SCc1ccccc1. The van der Waals surface area contributed by atoms with Crippen molar-refractivity contribution >= 4 is 23.4 Å². The van der Waals surface area contributed by atoms with Crippen molar-refractivity contribution in [3.8, 4) is 17.1 Å². The first-order valence-electron chi connectivity index (χ1n) is 10.1. The zero-order valence-corrected chi connectivity index (χ0v) is 18.6. The zero-order chi connectivity index (χ0) is 21.8. The van der Waals surface area contributed by atoms with Gasteiger partial charge in [0.05, 0.1) is 29.0 Å². The summed E-state index contributed by atoms with van der Waals surface area (Å²) in [6, 6.07) is 28.0. The molecule has 6 nitrogen and oxygen atoms in total. The maximum atomic E-state index is 6.48. The molecule has 2 heterocycles. The maximum Gasteiger partial charge on any atom is 0.209 e. The molecule has 0 aliphatic carbocycles. The molecule has 5 rings (SSSR count). The van der Waals surface area contributed by atoms with Gasteiger partial charge in [0.25, 0.3) is 0 Å². The number of para-hydroxylation sites is 1. The second-order valence-corrected chi connectivity index (χ2v) is 8.50. The summed E-state index contributed by atoms with van der Waals surface area (Å²) in [5.41, 5.74) is 3.97. The first kappa shape index (κ1) is 20.5. The number of nitrogens with zero attached hydrogens (tertiary/aromatic N) is 6. The van der Waals surface area contributed by atoms with Gasteiger partial charge in [-0.1, -0.05) is 84.4 Å². The average molecular weight is 459 g/mol. The normalized spacial score (nSPS) is 11.0. The van der Waals surface area contributed by atoms with E-state index in [0.29, 0.717) is 17.4 Å². The summed E-state index contributed by atoms with van der Waals surface area (Å²) in [4.78, 5) is 1.60. The van der Waals surface area contributed by atoms with Gasteiger partial charge >= 0.3 is 0 Å². The lowest BCUT2D eigenvalue weighted by Gasteiger charge is -2.10. The van der Waals surface area contributed by atoms with Gasteiger partial charge in [0.1, 0.15) is 5.03 Å². The van der Waals surface area contributed by atoms with Crippen molar-refractivity contribution in [1.82, 2.24) is 30.0 Å². The predicted molar refractivity (Wildman–Crippen MR) is 127 cm³/mol. The summed E-state index contributed by atoms with van der Waals surface area (Å²) in [6.07, 6.45) is 1.78. The number of thioether (sulfide) groups is 1. The van der Waals surface area contributed by atoms with E-state index in [4.69, 9.17) is 11.6 Å². The molecule has 8 heteroatoms. The van der Waals surface area contributed by atoms with E-state index in [1.165, 1.54) is 5.56 Å². The van der Waals surface area contributed by atoms with E-state index >= 15 is 0 Å². The van der Waals surface area contributed by atoms with Gasteiger partial charge in [0, 0.05) is 5.75 Å². The van der Waals surface area contributed by atoms with Crippen LogP contribution in [-0.4, -0.2) is 30.0 Å². The fourth-order valence-electron chi connectivity index (χ4n) is 3.32. The summed E-state index contributed by atoms with van der Waals surface area (Å²) >= 11 is 8.15. The molecule has 32 heavy (non-hydrogen) atoms. The van der Waals surface area contributed by atoms with Gasteiger partial charge in [-0.2, -0.15) is 9.90 Å². The summed E-state index contributed by atoms with van der Waals surface area (Å²) < 4.78 is 1.85. The molecule has 0 radical (unpaired) electrons. The standard InChI is InChI=1S/C24H19ClN6S/c25-21-13-7-8-14-22(21)31-24(32-17-19-11-5-2-6-12-19)20(15-26-31)23-27-29-30(28-23)16-18-9-3-1-4-10-18/h1-15H,16-17H2. The minimum atomic E-state index is 0.537. The summed E-state index contributed by atoms with van der Waals surface area (Å²) in [7, 11) is 0. The highest BCUT2D eigenvalue weighted by Crippen LogP contribution is 2.35. The van der Waals surface area contributed by atoms with Crippen LogP contribution in [0.1, 0.15) is 11.1 Å². The van der Waals surface area contributed by atoms with Crippen LogP contribution in [0, 0.1) is 0 Å². The number of halogens is 1. The van der Waals surface area contributed by atoms with Crippen LogP contribution in [0.15, 0.2) is 96.2 Å². The van der Waals surface area contributed by atoms with Crippen molar-refractivity contribution in [3.63, 3.8) is 0 Å². The smallest absolute Gasteiger partial charge is 0.209 e. The van der Waals surface area contributed by atoms with Gasteiger partial charge in [0.2, 0.25) is 5.82 Å². The molecule has 0 bridgehead atoms. The number of tetrazole rings is 1. The van der Waals surface area contributed by atoms with E-state index in [9.17, 15) is 0 Å². The Bertz CT molecular complexity index is 1320. The van der Waals surface area contributed by atoms with E-state index in [-0.39, 0.29) is 0 Å². The van der Waals surface area contributed by atoms with Crippen molar-refractivity contribution in [3.05, 3.63) is 107 Å². The van der Waals surface area contributed by atoms with Gasteiger partial charge in [-0.15, -0.1) is 22.0 Å². The van der Waals surface area contributed by atoms with Crippen molar-refractivity contribution in [1.29, 1.82) is 0 Å². The van der Waals surface area contributed by atoms with Crippen LogP contribution in [0.5, 0.6) is 0 Å². The summed E-state index contributed by atoms with van der Waals surface area (Å²) in [5.74, 6) is 1.32. The zero-order valence-electron chi connectivity index (χ0n) is 17.0. The van der Waals surface area contributed by atoms with Crippen molar-refractivity contribution in [2.24, 2.45) is 0 Å². The van der Waals surface area contributed by atoms with Crippen LogP contribution in [0.25, 0.3) is 17.1 Å². The van der Waals surface area contributed by atoms with Crippen molar-refractivity contribution in [2.75, 3.05) is 0 Å². The molecule has 0 fully saturated rings. The van der Waals surface area contributed by atoms with Gasteiger partial charge < -0.3 is 0 Å². The second kappa shape index (κ2) is 9.38. The average Bonchev–Trinajstić information content (AvgIpc) is 3.46. The molecule has 158 valence electrons. The first-order valence-corrected chi connectivity index (χ1v) is 11.5. The Kier molecular flexibility index (Phi) is 6.00. The Morgan fingerprint density at radius 1 is 0.812 bits per heavy atom. The molecule has 0 saturated carbocycles. The van der Waals surface area contributed by atoms with Crippen LogP contribution in [0.2, 0.25) is 5.02 Å². The Morgan fingerprint density at radius 2 is 1.50 bits per heavy atom. The summed E-state index contributed by atoms with van der Waals surface area (Å²) in [6.45, 7) is 0.555. The molecule has 0 N–H and O–H groups in total. The van der Waals surface area contributed by atoms with Crippen LogP contribution in [0.3, 0.4) is 0 Å². The monoisotopic (exact) mass is 458 g/mol. The quantitative estimate of drug-likeness (QED) is 0.300. The lowest BCUT2D eigenvalue weighted by atomic mass is 10.2. The van der Waals surface area contributed by atoms with Gasteiger partial charge in [-0.25, -0.2) is 4.68 Å². The van der Waals surface area contributed by atoms with E-state index in [1.807, 2.05) is 77.5 Å². The van der Waals surface area contributed by atoms with E-state index in [1.54, 1.807) is 22.8 Å². The van der Waals surface area contributed by atoms with Gasteiger partial charge in [-0.05, 0) is 28.5 Å². The first-order chi connectivity index (χ1) is 15.8. The Labute approximate surface area is 194 Å². The minimum absolute atomic E-state index is 0.537. The molecule has 0 spiro atoms. The van der Waals surface area contributed by atoms with E-state index in [2.05, 4.69) is 32.6 Å². The van der Waals surface area contributed by atoms with Crippen molar-refractivity contribution < 1.29 is 0 Å². The number of rotatable bonds is 7. The van der Waals surface area contributed by atoms with Crippen LogP contribution in [-0.2, 0) is 12.3 Å². The molecule has 0 amide bonds. The third-order valence-corrected chi connectivity index (χ3v) is 6.35. The summed E-state index contributed by atoms with van der Waals surface area (Å²) in [5, 5.41) is 19.3. The highest BCUT2D eigenvalue weighted by molar-refractivity contribution is 7.98. The Hall–Kier alpha value is -3.42. The highest BCUT2D eigenvalue weighted by Gasteiger charge is 2.20. The molecule has 0 unspecified atom stereocenters.